The predicted octanol–water partition coefficient (Wildman–Crippen LogP) is 6.91. The molecule has 2 heterocycles. The van der Waals surface area contributed by atoms with Crippen molar-refractivity contribution in [1.82, 2.24) is 4.90 Å². The molecule has 2 N–H and O–H groups in total. The third-order valence-electron chi connectivity index (χ3n) is 7.66. The first-order valence-electron chi connectivity index (χ1n) is 14.4. The fourth-order valence-electron chi connectivity index (χ4n) is 5.29. The molecule has 1 atom stereocenters. The van der Waals surface area contributed by atoms with Gasteiger partial charge in [0.2, 0.25) is 11.8 Å². The molecule has 0 spiro atoms. The Labute approximate surface area is 259 Å². The van der Waals surface area contributed by atoms with Crippen LogP contribution in [-0.2, 0) is 33.8 Å². The van der Waals surface area contributed by atoms with E-state index in [0.29, 0.717) is 29.2 Å². The van der Waals surface area contributed by atoms with Crippen LogP contribution in [0, 0.1) is 5.92 Å². The summed E-state index contributed by atoms with van der Waals surface area (Å²) in [5.74, 6) is -0.523. The highest BCUT2D eigenvalue weighted by Crippen LogP contribution is 2.41. The van der Waals surface area contributed by atoms with Crippen LogP contribution < -0.4 is 10.6 Å². The van der Waals surface area contributed by atoms with Crippen molar-refractivity contribution in [3.8, 4) is 0 Å². The molecule has 4 aromatic rings. The molecule has 3 aromatic carbocycles. The normalized spacial score (nSPS) is 15.3. The lowest BCUT2D eigenvalue weighted by atomic mass is 10.0. The fraction of sp³-hybridized carbons (Fsp3) is 0.265. The summed E-state index contributed by atoms with van der Waals surface area (Å²) < 4.78 is 5.18. The van der Waals surface area contributed by atoms with Crippen molar-refractivity contribution >= 4 is 51.6 Å². The molecule has 2 amide bonds. The first kappa shape index (κ1) is 29.2. The predicted molar refractivity (Wildman–Crippen MR) is 171 cm³/mol. The molecule has 1 aliphatic carbocycles. The van der Waals surface area contributed by atoms with E-state index in [4.69, 9.17) is 4.74 Å². The molecule has 6 rings (SSSR count). The average Bonchev–Trinajstić information content (AvgIpc) is 3.82. The lowest BCUT2D eigenvalue weighted by molar-refractivity contribution is -0.117. The Morgan fingerprint density at radius 2 is 1.72 bits per heavy atom. The van der Waals surface area contributed by atoms with Gasteiger partial charge in [-0.15, -0.1) is 23.1 Å². The third-order valence-corrected chi connectivity index (χ3v) is 10.0. The minimum Gasteiger partial charge on any atom is -0.465 e. The summed E-state index contributed by atoms with van der Waals surface area (Å²) in [4.78, 5) is 43.6. The van der Waals surface area contributed by atoms with Crippen LogP contribution in [-0.4, -0.2) is 36.3 Å². The van der Waals surface area contributed by atoms with Crippen molar-refractivity contribution in [2.24, 2.45) is 5.92 Å². The first-order valence-corrected chi connectivity index (χ1v) is 16.1. The SMILES string of the molecule is COC(=O)c1c(NC(=O)C(Sc2cccc(NC(=O)C3CC3)c2)c2ccccc2)sc2c1CCN(Cc1ccccc1)C2. The number of anilines is 2. The number of thioether (sulfide) groups is 1. The van der Waals surface area contributed by atoms with Crippen LogP contribution in [0.25, 0.3) is 0 Å². The molecule has 7 nitrogen and oxygen atoms in total. The smallest absolute Gasteiger partial charge is 0.341 e. The number of esters is 1. The maximum atomic E-state index is 14.0. The lowest BCUT2D eigenvalue weighted by Crippen LogP contribution is -2.29. The van der Waals surface area contributed by atoms with Crippen LogP contribution in [0.2, 0.25) is 0 Å². The van der Waals surface area contributed by atoms with Gasteiger partial charge in [0, 0.05) is 41.0 Å². The highest BCUT2D eigenvalue weighted by Gasteiger charge is 2.32. The van der Waals surface area contributed by atoms with E-state index >= 15 is 0 Å². The number of methoxy groups -OCH3 is 1. The molecule has 9 heteroatoms. The van der Waals surface area contributed by atoms with Gasteiger partial charge in [0.25, 0.3) is 0 Å². The number of thiophene rings is 1. The molecular weight excluding hydrogens is 579 g/mol. The summed E-state index contributed by atoms with van der Waals surface area (Å²) in [7, 11) is 1.38. The van der Waals surface area contributed by atoms with Crippen molar-refractivity contribution < 1.29 is 19.1 Å². The molecule has 0 radical (unpaired) electrons. The van der Waals surface area contributed by atoms with Gasteiger partial charge in [-0.1, -0.05) is 66.7 Å². The van der Waals surface area contributed by atoms with Gasteiger partial charge in [-0.2, -0.15) is 0 Å². The third kappa shape index (κ3) is 7.01. The van der Waals surface area contributed by atoms with E-state index in [1.807, 2.05) is 72.8 Å². The molecule has 0 saturated heterocycles. The Balaban J connectivity index is 1.24. The van der Waals surface area contributed by atoms with E-state index in [-0.39, 0.29) is 17.7 Å². The van der Waals surface area contributed by atoms with Gasteiger partial charge in [0.1, 0.15) is 10.3 Å². The minimum atomic E-state index is -0.588. The number of benzene rings is 3. The number of nitrogens with one attached hydrogen (secondary N) is 2. The molecule has 220 valence electrons. The van der Waals surface area contributed by atoms with Gasteiger partial charge < -0.3 is 15.4 Å². The minimum absolute atomic E-state index is 0.0406. The number of amides is 2. The largest absolute Gasteiger partial charge is 0.465 e. The molecule has 1 aromatic heterocycles. The maximum absolute atomic E-state index is 14.0. The number of hydrogen-bond donors (Lipinski definition) is 2. The zero-order chi connectivity index (χ0) is 29.8. The van der Waals surface area contributed by atoms with Gasteiger partial charge in [0.05, 0.1) is 12.7 Å². The van der Waals surface area contributed by atoms with Crippen molar-refractivity contribution in [3.63, 3.8) is 0 Å². The molecule has 1 saturated carbocycles. The Hall–Kier alpha value is -3.92. The molecule has 1 fully saturated rings. The van der Waals surface area contributed by atoms with Gasteiger partial charge in [-0.3, -0.25) is 14.5 Å². The second-order valence-corrected chi connectivity index (χ2v) is 13.1. The van der Waals surface area contributed by atoms with E-state index in [9.17, 15) is 14.4 Å². The maximum Gasteiger partial charge on any atom is 0.341 e. The number of nitrogens with zero attached hydrogens (tertiary/aromatic N) is 1. The number of hydrogen-bond acceptors (Lipinski definition) is 7. The standard InChI is InChI=1S/C34H33N3O4S2/c1-41-34(40)29-27-17-18-37(20-22-9-4-2-5-10-22)21-28(27)43-33(29)36-32(39)30(23-11-6-3-7-12-23)42-26-14-8-13-25(19-26)35-31(38)24-15-16-24/h2-14,19,24,30H,15-18,20-21H2,1H3,(H,35,38)(H,36,39). The highest BCUT2D eigenvalue weighted by atomic mass is 32.2. The van der Waals surface area contributed by atoms with E-state index in [1.165, 1.54) is 35.8 Å². The number of carbonyl (C=O) groups is 3. The molecule has 2 aliphatic rings. The topological polar surface area (TPSA) is 87.7 Å². The van der Waals surface area contributed by atoms with Crippen molar-refractivity contribution in [2.45, 2.75) is 42.5 Å². The van der Waals surface area contributed by atoms with Crippen LogP contribution in [0.5, 0.6) is 0 Å². The van der Waals surface area contributed by atoms with Gasteiger partial charge in [0.15, 0.2) is 0 Å². The van der Waals surface area contributed by atoms with E-state index < -0.39 is 11.2 Å². The first-order chi connectivity index (χ1) is 21.0. The van der Waals surface area contributed by atoms with Crippen LogP contribution >= 0.6 is 23.1 Å². The number of carbonyl (C=O) groups excluding carboxylic acids is 3. The second-order valence-electron chi connectivity index (χ2n) is 10.8. The highest BCUT2D eigenvalue weighted by molar-refractivity contribution is 8.00. The van der Waals surface area contributed by atoms with Crippen LogP contribution in [0.1, 0.15) is 50.0 Å². The van der Waals surface area contributed by atoms with Crippen molar-refractivity contribution in [2.75, 3.05) is 24.3 Å². The van der Waals surface area contributed by atoms with Gasteiger partial charge in [-0.05, 0) is 54.2 Å². The molecular formula is C34H33N3O4S2. The number of rotatable bonds is 10. The summed E-state index contributed by atoms with van der Waals surface area (Å²) in [6.07, 6.45) is 2.57. The summed E-state index contributed by atoms with van der Waals surface area (Å²) in [6.45, 7) is 2.33. The lowest BCUT2D eigenvalue weighted by Gasteiger charge is -2.27. The van der Waals surface area contributed by atoms with Crippen molar-refractivity contribution in [3.05, 3.63) is 112 Å². The fourth-order valence-corrected chi connectivity index (χ4v) is 7.65. The average molecular weight is 612 g/mol. The summed E-state index contributed by atoms with van der Waals surface area (Å²) >= 11 is 2.86. The van der Waals surface area contributed by atoms with Gasteiger partial charge >= 0.3 is 5.97 Å². The van der Waals surface area contributed by atoms with E-state index in [0.717, 1.165) is 46.8 Å². The zero-order valence-corrected chi connectivity index (χ0v) is 25.5. The number of ether oxygens (including phenoxy) is 1. The Morgan fingerprint density at radius 1 is 0.977 bits per heavy atom. The second kappa shape index (κ2) is 13.2. The monoisotopic (exact) mass is 611 g/mol. The zero-order valence-electron chi connectivity index (χ0n) is 23.9. The summed E-state index contributed by atoms with van der Waals surface area (Å²) in [5.41, 5.74) is 4.21. The molecule has 1 unspecified atom stereocenters. The molecule has 0 bridgehead atoms. The Bertz CT molecular complexity index is 1620. The number of fused-ring (bicyclic) bond motifs is 1. The Morgan fingerprint density at radius 3 is 2.44 bits per heavy atom. The van der Waals surface area contributed by atoms with E-state index in [2.05, 4.69) is 27.7 Å². The van der Waals surface area contributed by atoms with Crippen molar-refractivity contribution in [1.29, 1.82) is 0 Å². The Kier molecular flexibility index (Phi) is 8.92. The van der Waals surface area contributed by atoms with Crippen LogP contribution in [0.3, 0.4) is 0 Å². The van der Waals surface area contributed by atoms with Crippen LogP contribution in [0.15, 0.2) is 89.8 Å². The quantitative estimate of drug-likeness (QED) is 0.150. The summed E-state index contributed by atoms with van der Waals surface area (Å²) in [6, 6.07) is 27.5. The van der Waals surface area contributed by atoms with E-state index in [1.54, 1.807) is 0 Å². The summed E-state index contributed by atoms with van der Waals surface area (Å²) in [5, 5.41) is 6.03. The molecule has 1 aliphatic heterocycles. The van der Waals surface area contributed by atoms with Gasteiger partial charge in [-0.25, -0.2) is 4.79 Å². The van der Waals surface area contributed by atoms with Crippen LogP contribution in [0.4, 0.5) is 10.7 Å². The molecule has 43 heavy (non-hydrogen) atoms.